The number of hydrogen-bond acceptors (Lipinski definition) is 3. The second-order valence-electron chi connectivity index (χ2n) is 5.47. The summed E-state index contributed by atoms with van der Waals surface area (Å²) in [6.07, 6.45) is 1.61. The van der Waals surface area contributed by atoms with Crippen molar-refractivity contribution in [3.05, 3.63) is 75.9 Å². The lowest BCUT2D eigenvalue weighted by Crippen LogP contribution is -2.17. The highest BCUT2D eigenvalue weighted by molar-refractivity contribution is 6.42. The minimum atomic E-state index is -0.270. The Morgan fingerprint density at radius 1 is 1.15 bits per heavy atom. The number of ether oxygens (including phenoxy) is 1. The van der Waals surface area contributed by atoms with Crippen LogP contribution in [0.2, 0.25) is 10.0 Å². The van der Waals surface area contributed by atoms with Gasteiger partial charge in [-0.05, 0) is 30.7 Å². The summed E-state index contributed by atoms with van der Waals surface area (Å²) in [4.78, 5) is 12.7. The second-order valence-corrected chi connectivity index (χ2v) is 6.26. The number of nitrogens with zero attached hydrogens (tertiary/aromatic N) is 2. The zero-order valence-electron chi connectivity index (χ0n) is 14.1. The third kappa shape index (κ3) is 4.00. The molecule has 1 heterocycles. The van der Waals surface area contributed by atoms with Gasteiger partial charge in [-0.3, -0.25) is 4.79 Å². The molecule has 0 saturated heterocycles. The van der Waals surface area contributed by atoms with Crippen molar-refractivity contribution >= 4 is 34.9 Å². The average Bonchev–Trinajstić information content (AvgIpc) is 3.06. The van der Waals surface area contributed by atoms with E-state index < -0.39 is 0 Å². The van der Waals surface area contributed by atoms with Gasteiger partial charge in [0.15, 0.2) is 0 Å². The molecule has 26 heavy (non-hydrogen) atoms. The lowest BCUT2D eigenvalue weighted by molar-refractivity contribution is 0.102. The van der Waals surface area contributed by atoms with E-state index in [9.17, 15) is 4.79 Å². The summed E-state index contributed by atoms with van der Waals surface area (Å²) in [6, 6.07) is 14.2. The van der Waals surface area contributed by atoms with Crippen LogP contribution in [0.25, 0.3) is 0 Å². The number of benzene rings is 2. The Morgan fingerprint density at radius 3 is 2.77 bits per heavy atom. The summed E-state index contributed by atoms with van der Waals surface area (Å²) in [5, 5.41) is 8.08. The van der Waals surface area contributed by atoms with Crippen molar-refractivity contribution < 1.29 is 9.53 Å². The highest BCUT2D eigenvalue weighted by atomic mass is 35.5. The van der Waals surface area contributed by atoms with Gasteiger partial charge in [-0.2, -0.15) is 5.10 Å². The van der Waals surface area contributed by atoms with Crippen LogP contribution in [0.15, 0.2) is 54.7 Å². The number of amides is 1. The quantitative estimate of drug-likeness (QED) is 0.652. The van der Waals surface area contributed by atoms with Gasteiger partial charge in [0.25, 0.3) is 5.91 Å². The van der Waals surface area contributed by atoms with Crippen LogP contribution in [0, 0.1) is 0 Å². The van der Waals surface area contributed by atoms with E-state index in [0.717, 1.165) is 5.56 Å². The van der Waals surface area contributed by atoms with Gasteiger partial charge >= 0.3 is 0 Å². The SMILES string of the molecule is CCOc1ccccc1C(=O)Nc1ccnn1Cc1cccc(Cl)c1Cl. The molecule has 0 spiro atoms. The molecule has 2 aromatic carbocycles. The Balaban J connectivity index is 1.81. The molecular weight excluding hydrogens is 373 g/mol. The Kier molecular flexibility index (Phi) is 5.81. The van der Waals surface area contributed by atoms with E-state index in [1.54, 1.807) is 41.2 Å². The van der Waals surface area contributed by atoms with Crippen LogP contribution in [-0.2, 0) is 6.54 Å². The first-order valence-corrected chi connectivity index (χ1v) is 8.83. The molecule has 1 aromatic heterocycles. The van der Waals surface area contributed by atoms with E-state index in [-0.39, 0.29) is 5.91 Å². The molecule has 0 fully saturated rings. The molecule has 0 bridgehead atoms. The zero-order chi connectivity index (χ0) is 18.5. The first-order valence-electron chi connectivity index (χ1n) is 8.08. The summed E-state index contributed by atoms with van der Waals surface area (Å²) in [7, 11) is 0. The Bertz CT molecular complexity index is 925. The zero-order valence-corrected chi connectivity index (χ0v) is 15.6. The van der Waals surface area contributed by atoms with E-state index in [2.05, 4.69) is 10.4 Å². The number of hydrogen-bond donors (Lipinski definition) is 1. The molecule has 0 aliphatic heterocycles. The standard InChI is InChI=1S/C19H17Cl2N3O2/c1-2-26-16-9-4-3-7-14(16)19(25)23-17-10-11-22-24(17)12-13-6-5-8-15(20)18(13)21/h3-11H,2,12H2,1H3,(H,23,25). The van der Waals surface area contributed by atoms with Crippen molar-refractivity contribution in [3.63, 3.8) is 0 Å². The molecule has 0 aliphatic rings. The molecule has 0 atom stereocenters. The van der Waals surface area contributed by atoms with Gasteiger partial charge in [0, 0.05) is 6.07 Å². The third-order valence-electron chi connectivity index (χ3n) is 3.74. The van der Waals surface area contributed by atoms with Gasteiger partial charge in [0.05, 0.1) is 35.0 Å². The lowest BCUT2D eigenvalue weighted by Gasteiger charge is -2.12. The predicted octanol–water partition coefficient (Wildman–Crippen LogP) is 4.89. The second kappa shape index (κ2) is 8.25. The van der Waals surface area contributed by atoms with Crippen LogP contribution in [0.1, 0.15) is 22.8 Å². The number of carbonyl (C=O) groups excluding carboxylic acids is 1. The minimum absolute atomic E-state index is 0.270. The smallest absolute Gasteiger partial charge is 0.260 e. The number of para-hydroxylation sites is 1. The maximum Gasteiger partial charge on any atom is 0.260 e. The monoisotopic (exact) mass is 389 g/mol. The number of anilines is 1. The molecule has 3 rings (SSSR count). The maximum absolute atomic E-state index is 12.7. The highest BCUT2D eigenvalue weighted by Gasteiger charge is 2.15. The largest absolute Gasteiger partial charge is 0.493 e. The average molecular weight is 390 g/mol. The van der Waals surface area contributed by atoms with Crippen LogP contribution in [0.4, 0.5) is 5.82 Å². The summed E-state index contributed by atoms with van der Waals surface area (Å²) < 4.78 is 7.17. The van der Waals surface area contributed by atoms with Crippen molar-refractivity contribution in [1.82, 2.24) is 9.78 Å². The molecule has 7 heteroatoms. The number of rotatable bonds is 6. The highest BCUT2D eigenvalue weighted by Crippen LogP contribution is 2.27. The van der Waals surface area contributed by atoms with Gasteiger partial charge in [-0.25, -0.2) is 4.68 Å². The van der Waals surface area contributed by atoms with Gasteiger partial charge < -0.3 is 10.1 Å². The number of halogens is 2. The summed E-state index contributed by atoms with van der Waals surface area (Å²) >= 11 is 12.3. The molecule has 0 radical (unpaired) electrons. The Hall–Kier alpha value is -2.50. The molecular formula is C19H17Cl2N3O2. The fourth-order valence-electron chi connectivity index (χ4n) is 2.52. The lowest BCUT2D eigenvalue weighted by atomic mass is 10.2. The van der Waals surface area contributed by atoms with E-state index in [4.69, 9.17) is 27.9 Å². The molecule has 1 N–H and O–H groups in total. The number of carbonyl (C=O) groups is 1. The van der Waals surface area contributed by atoms with Crippen molar-refractivity contribution in [1.29, 1.82) is 0 Å². The van der Waals surface area contributed by atoms with Crippen LogP contribution >= 0.6 is 23.2 Å². The number of aromatic nitrogens is 2. The van der Waals surface area contributed by atoms with Crippen molar-refractivity contribution in [2.75, 3.05) is 11.9 Å². The van der Waals surface area contributed by atoms with Gasteiger partial charge in [-0.1, -0.05) is 47.5 Å². The Labute approximate surface area is 161 Å². The van der Waals surface area contributed by atoms with Crippen LogP contribution in [0.5, 0.6) is 5.75 Å². The summed E-state index contributed by atoms with van der Waals surface area (Å²) in [5.41, 5.74) is 1.27. The molecule has 134 valence electrons. The fourth-order valence-corrected chi connectivity index (χ4v) is 2.90. The topological polar surface area (TPSA) is 56.1 Å². The van der Waals surface area contributed by atoms with Crippen LogP contribution in [0.3, 0.4) is 0 Å². The Morgan fingerprint density at radius 2 is 1.96 bits per heavy atom. The van der Waals surface area contributed by atoms with Gasteiger partial charge in [0.2, 0.25) is 0 Å². The maximum atomic E-state index is 12.7. The number of nitrogens with one attached hydrogen (secondary N) is 1. The van der Waals surface area contributed by atoms with E-state index in [1.165, 1.54) is 0 Å². The molecule has 5 nitrogen and oxygen atoms in total. The van der Waals surface area contributed by atoms with Crippen LogP contribution in [-0.4, -0.2) is 22.3 Å². The first-order chi connectivity index (χ1) is 12.6. The van der Waals surface area contributed by atoms with Crippen molar-refractivity contribution in [2.45, 2.75) is 13.5 Å². The van der Waals surface area contributed by atoms with Crippen molar-refractivity contribution in [3.8, 4) is 5.75 Å². The first kappa shape index (κ1) is 18.3. The fraction of sp³-hybridized carbons (Fsp3) is 0.158. The van der Waals surface area contributed by atoms with E-state index >= 15 is 0 Å². The molecule has 1 amide bonds. The van der Waals surface area contributed by atoms with Gasteiger partial charge in [-0.15, -0.1) is 0 Å². The minimum Gasteiger partial charge on any atom is -0.493 e. The summed E-state index contributed by atoms with van der Waals surface area (Å²) in [6.45, 7) is 2.74. The van der Waals surface area contributed by atoms with E-state index in [0.29, 0.717) is 40.3 Å². The summed E-state index contributed by atoms with van der Waals surface area (Å²) in [5.74, 6) is 0.821. The molecule has 0 aliphatic carbocycles. The molecule has 3 aromatic rings. The molecule has 0 unspecified atom stereocenters. The third-order valence-corrected chi connectivity index (χ3v) is 4.60. The van der Waals surface area contributed by atoms with Crippen LogP contribution < -0.4 is 10.1 Å². The normalized spacial score (nSPS) is 10.6. The van der Waals surface area contributed by atoms with Crippen molar-refractivity contribution in [2.24, 2.45) is 0 Å². The predicted molar refractivity (Wildman–Crippen MR) is 103 cm³/mol. The molecule has 0 saturated carbocycles. The van der Waals surface area contributed by atoms with E-state index in [1.807, 2.05) is 25.1 Å². The van der Waals surface area contributed by atoms with Gasteiger partial charge in [0.1, 0.15) is 11.6 Å².